The highest BCUT2D eigenvalue weighted by Crippen LogP contribution is 2.28. The molecule has 0 saturated carbocycles. The predicted molar refractivity (Wildman–Crippen MR) is 138 cm³/mol. The first-order chi connectivity index (χ1) is 16.4. The van der Waals surface area contributed by atoms with Gasteiger partial charge in [0, 0.05) is 10.6 Å². The average Bonchev–Trinajstić information content (AvgIpc) is 2.84. The van der Waals surface area contributed by atoms with E-state index in [0.717, 1.165) is 34.3 Å². The molecule has 0 aliphatic heterocycles. The Balaban J connectivity index is 1.50. The number of fused-ring (bicyclic) bond motifs is 1. The highest BCUT2D eigenvalue weighted by atomic mass is 32.2. The summed E-state index contributed by atoms with van der Waals surface area (Å²) >= 11 is 1.54. The van der Waals surface area contributed by atoms with E-state index in [1.165, 1.54) is 29.3 Å². The number of hydrogen-bond acceptors (Lipinski definition) is 4. The number of hydrogen-bond donors (Lipinski definition) is 2. The summed E-state index contributed by atoms with van der Waals surface area (Å²) in [5.41, 5.74) is 2.49. The zero-order chi connectivity index (χ0) is 24.1. The topological polar surface area (TPSA) is 83.5 Å². The first kappa shape index (κ1) is 23.9. The molecule has 0 fully saturated rings. The molecule has 4 rings (SSSR count). The molecular weight excluding hydrogens is 466 g/mol. The van der Waals surface area contributed by atoms with Crippen molar-refractivity contribution in [2.24, 2.45) is 0 Å². The molecule has 2 N–H and O–H groups in total. The van der Waals surface area contributed by atoms with Crippen molar-refractivity contribution in [3.8, 4) is 0 Å². The van der Waals surface area contributed by atoms with Crippen LogP contribution in [0.25, 0.3) is 10.8 Å². The fraction of sp³-hybridized carbons (Fsp3) is 0.148. The van der Waals surface area contributed by atoms with Crippen molar-refractivity contribution in [3.63, 3.8) is 0 Å². The second-order valence-corrected chi connectivity index (χ2v) is 10.7. The Morgan fingerprint density at radius 1 is 0.882 bits per heavy atom. The fourth-order valence-corrected chi connectivity index (χ4v) is 5.76. The Kier molecular flexibility index (Phi) is 7.24. The maximum Gasteiger partial charge on any atom is 0.337 e. The van der Waals surface area contributed by atoms with Crippen LogP contribution in [0.1, 0.15) is 28.4 Å². The molecule has 0 bridgehead atoms. The number of sulfonamides is 1. The molecule has 174 valence electrons. The lowest BCUT2D eigenvalue weighted by molar-refractivity contribution is 0.0697. The minimum Gasteiger partial charge on any atom is -0.478 e. The van der Waals surface area contributed by atoms with Crippen LogP contribution in [0.2, 0.25) is 0 Å². The van der Waals surface area contributed by atoms with E-state index < -0.39 is 16.0 Å². The Morgan fingerprint density at radius 3 is 2.41 bits per heavy atom. The Labute approximate surface area is 203 Å². The number of aromatic carboxylic acids is 1. The predicted octanol–water partition coefficient (Wildman–Crippen LogP) is 6.24. The van der Waals surface area contributed by atoms with E-state index in [9.17, 15) is 18.3 Å². The number of aryl methyl sites for hydroxylation is 2. The minimum absolute atomic E-state index is 0.0423. The van der Waals surface area contributed by atoms with Crippen LogP contribution in [0.15, 0.2) is 94.7 Å². The van der Waals surface area contributed by atoms with Gasteiger partial charge in [0.1, 0.15) is 0 Å². The van der Waals surface area contributed by atoms with Gasteiger partial charge in [0.05, 0.1) is 16.1 Å². The molecule has 0 unspecified atom stereocenters. The van der Waals surface area contributed by atoms with Crippen molar-refractivity contribution in [1.82, 2.24) is 0 Å². The molecule has 0 atom stereocenters. The van der Waals surface area contributed by atoms with Crippen molar-refractivity contribution in [2.75, 3.05) is 10.5 Å². The monoisotopic (exact) mass is 491 g/mol. The zero-order valence-electron chi connectivity index (χ0n) is 18.7. The van der Waals surface area contributed by atoms with Gasteiger partial charge < -0.3 is 5.11 Å². The van der Waals surface area contributed by atoms with Gasteiger partial charge in [-0.3, -0.25) is 4.72 Å². The lowest BCUT2D eigenvalue weighted by Crippen LogP contribution is -2.15. The van der Waals surface area contributed by atoms with Crippen LogP contribution in [0, 0.1) is 0 Å². The lowest BCUT2D eigenvalue weighted by Gasteiger charge is -2.13. The number of anilines is 1. The molecule has 7 heteroatoms. The van der Waals surface area contributed by atoms with Crippen molar-refractivity contribution in [2.45, 2.75) is 29.6 Å². The van der Waals surface area contributed by atoms with Crippen LogP contribution in [0.5, 0.6) is 0 Å². The van der Waals surface area contributed by atoms with Crippen LogP contribution in [-0.2, 0) is 22.9 Å². The van der Waals surface area contributed by atoms with Gasteiger partial charge in [0.25, 0.3) is 10.0 Å². The third-order valence-corrected chi connectivity index (χ3v) is 7.91. The molecule has 4 aromatic carbocycles. The molecule has 0 saturated heterocycles. The van der Waals surface area contributed by atoms with Crippen molar-refractivity contribution < 1.29 is 18.3 Å². The second-order valence-electron chi connectivity index (χ2n) is 7.90. The van der Waals surface area contributed by atoms with E-state index in [2.05, 4.69) is 35.9 Å². The molecule has 0 spiro atoms. The van der Waals surface area contributed by atoms with Gasteiger partial charge in [0.2, 0.25) is 0 Å². The molecule has 0 aliphatic carbocycles. The van der Waals surface area contributed by atoms with Crippen LogP contribution in [0.4, 0.5) is 5.69 Å². The largest absolute Gasteiger partial charge is 0.478 e. The Hall–Kier alpha value is -3.29. The van der Waals surface area contributed by atoms with Crippen molar-refractivity contribution >= 4 is 44.2 Å². The minimum atomic E-state index is -3.95. The molecular formula is C27H25NO4S2. The summed E-state index contributed by atoms with van der Waals surface area (Å²) in [4.78, 5) is 12.7. The van der Waals surface area contributed by atoms with Crippen molar-refractivity contribution in [1.29, 1.82) is 0 Å². The van der Waals surface area contributed by atoms with Gasteiger partial charge in [-0.2, -0.15) is 0 Å². The van der Waals surface area contributed by atoms with Crippen LogP contribution < -0.4 is 4.72 Å². The summed E-state index contributed by atoms with van der Waals surface area (Å²) in [6, 6.07) is 25.5. The standard InChI is InChI=1S/C27H25NO4S2/c1-2-19-6-5-7-20(16-19)14-15-33-23-11-13-26(25(18-23)27(29)30)28-34(31,32)24-12-10-21-8-3-4-9-22(21)17-24/h3-13,16-18,28H,2,14-15H2,1H3,(H,29,30). The Morgan fingerprint density at radius 2 is 1.65 bits per heavy atom. The summed E-state index contributed by atoms with van der Waals surface area (Å²) in [7, 11) is -3.95. The number of rotatable bonds is 9. The van der Waals surface area contributed by atoms with Crippen LogP contribution >= 0.6 is 11.8 Å². The normalized spacial score (nSPS) is 11.4. The van der Waals surface area contributed by atoms with E-state index in [4.69, 9.17) is 0 Å². The molecule has 0 radical (unpaired) electrons. The van der Waals surface area contributed by atoms with Gasteiger partial charge in [-0.15, -0.1) is 11.8 Å². The summed E-state index contributed by atoms with van der Waals surface area (Å²) in [5, 5.41) is 11.4. The highest BCUT2D eigenvalue weighted by Gasteiger charge is 2.19. The van der Waals surface area contributed by atoms with E-state index in [1.54, 1.807) is 30.0 Å². The molecule has 0 aliphatic rings. The molecule has 34 heavy (non-hydrogen) atoms. The number of carboxylic acid groups (broad SMARTS) is 1. The zero-order valence-corrected chi connectivity index (χ0v) is 20.3. The summed E-state index contributed by atoms with van der Waals surface area (Å²) in [5.74, 6) is -0.400. The van der Waals surface area contributed by atoms with E-state index >= 15 is 0 Å². The fourth-order valence-electron chi connectivity index (χ4n) is 3.71. The summed E-state index contributed by atoms with van der Waals surface area (Å²) < 4.78 is 28.4. The third-order valence-electron chi connectivity index (χ3n) is 5.56. The first-order valence-corrected chi connectivity index (χ1v) is 13.4. The number of thioether (sulfide) groups is 1. The van der Waals surface area contributed by atoms with E-state index in [1.807, 2.05) is 24.3 Å². The van der Waals surface area contributed by atoms with E-state index in [0.29, 0.717) is 0 Å². The van der Waals surface area contributed by atoms with Gasteiger partial charge in [0.15, 0.2) is 0 Å². The first-order valence-electron chi connectivity index (χ1n) is 11.0. The molecule has 5 nitrogen and oxygen atoms in total. The SMILES string of the molecule is CCc1cccc(CCSc2ccc(NS(=O)(=O)c3ccc4ccccc4c3)c(C(=O)O)c2)c1. The van der Waals surface area contributed by atoms with Gasteiger partial charge in [-0.05, 0) is 65.1 Å². The molecule has 0 heterocycles. The van der Waals surface area contributed by atoms with Gasteiger partial charge in [-0.25, -0.2) is 13.2 Å². The molecule has 0 amide bonds. The van der Waals surface area contributed by atoms with Crippen LogP contribution in [-0.4, -0.2) is 25.2 Å². The maximum absolute atomic E-state index is 13.0. The maximum atomic E-state index is 13.0. The van der Waals surface area contributed by atoms with E-state index in [-0.39, 0.29) is 16.1 Å². The van der Waals surface area contributed by atoms with Crippen LogP contribution in [0.3, 0.4) is 0 Å². The van der Waals surface area contributed by atoms with Gasteiger partial charge >= 0.3 is 5.97 Å². The molecule has 0 aromatic heterocycles. The summed E-state index contributed by atoms with van der Waals surface area (Å²) in [6.45, 7) is 2.12. The van der Waals surface area contributed by atoms with Gasteiger partial charge in [-0.1, -0.05) is 61.5 Å². The molecule has 4 aromatic rings. The average molecular weight is 492 g/mol. The third kappa shape index (κ3) is 5.61. The highest BCUT2D eigenvalue weighted by molar-refractivity contribution is 7.99. The number of carboxylic acids is 1. The lowest BCUT2D eigenvalue weighted by atomic mass is 10.1. The smallest absolute Gasteiger partial charge is 0.337 e. The van der Waals surface area contributed by atoms with Crippen molar-refractivity contribution in [3.05, 3.63) is 102 Å². The number of carbonyl (C=O) groups is 1. The number of benzene rings is 4. The Bertz CT molecular complexity index is 1450. The number of nitrogens with one attached hydrogen (secondary N) is 1. The second kappa shape index (κ2) is 10.3. The quantitative estimate of drug-likeness (QED) is 0.271. The summed E-state index contributed by atoms with van der Waals surface area (Å²) in [6.07, 6.45) is 1.84.